The number of nitrogens with one attached hydrogen (secondary N) is 2. The Balaban J connectivity index is 1.10. The number of nitrogens with zero attached hydrogens (tertiary/aromatic N) is 6. The summed E-state index contributed by atoms with van der Waals surface area (Å²) in [6, 6.07) is 4.06. The number of hydrogen-bond donors (Lipinski definition) is 2. The molecule has 6 heterocycles. The van der Waals surface area contributed by atoms with Gasteiger partial charge in [0.25, 0.3) is 0 Å². The molecule has 0 aromatic carbocycles. The molecular formula is C27H36N8O3S. The normalized spacial score (nSPS) is 18.8. The minimum Gasteiger partial charge on any atom is -0.470 e. The average Bonchev–Trinajstić information content (AvgIpc) is 3.73. The molecule has 0 radical (unpaired) electrons. The van der Waals surface area contributed by atoms with Crippen molar-refractivity contribution in [3.63, 3.8) is 0 Å². The van der Waals surface area contributed by atoms with E-state index in [1.54, 1.807) is 16.0 Å². The van der Waals surface area contributed by atoms with Crippen LogP contribution in [0.2, 0.25) is 0 Å². The maximum atomic E-state index is 6.33. The van der Waals surface area contributed by atoms with Gasteiger partial charge in [0.15, 0.2) is 0 Å². The number of rotatable bonds is 11. The Morgan fingerprint density at radius 3 is 2.87 bits per heavy atom. The highest BCUT2D eigenvalue weighted by Crippen LogP contribution is 2.31. The van der Waals surface area contributed by atoms with Gasteiger partial charge in [-0.3, -0.25) is 10.00 Å². The van der Waals surface area contributed by atoms with Crippen LogP contribution in [0.3, 0.4) is 0 Å². The zero-order valence-electron chi connectivity index (χ0n) is 22.5. The van der Waals surface area contributed by atoms with Crippen LogP contribution in [0.1, 0.15) is 24.8 Å². The molecule has 2 saturated heterocycles. The van der Waals surface area contributed by atoms with E-state index in [0.29, 0.717) is 38.4 Å². The first kappa shape index (κ1) is 26.2. The summed E-state index contributed by atoms with van der Waals surface area (Å²) in [5.74, 6) is 1.77. The third kappa shape index (κ3) is 6.42. The molecule has 0 aliphatic carbocycles. The first-order valence-corrected chi connectivity index (χ1v) is 14.4. The monoisotopic (exact) mass is 552 g/mol. The number of hydrogen-bond acceptors (Lipinski definition) is 10. The first-order chi connectivity index (χ1) is 19.1. The molecule has 4 aromatic heterocycles. The van der Waals surface area contributed by atoms with Crippen LogP contribution in [-0.2, 0) is 23.1 Å². The molecule has 2 aliphatic rings. The van der Waals surface area contributed by atoms with E-state index >= 15 is 0 Å². The van der Waals surface area contributed by atoms with E-state index in [2.05, 4.69) is 39.1 Å². The number of aromatic nitrogens is 5. The SMILES string of the molecule is CN1CCC(CNCOCc2csc(Nc3nc(O[C@H]4CCOC4)c4c(ccn4-c4cnn(C)c4)n3)c2)CC1. The van der Waals surface area contributed by atoms with Gasteiger partial charge in [-0.1, -0.05) is 0 Å². The summed E-state index contributed by atoms with van der Waals surface area (Å²) in [6.07, 6.45) is 9.05. The number of likely N-dealkylation sites (tertiary alicyclic amines) is 1. The fraction of sp³-hybridized carbons (Fsp3) is 0.519. The number of aryl methyl sites for hydroxylation is 1. The average molecular weight is 553 g/mol. The number of ether oxygens (including phenoxy) is 3. The quantitative estimate of drug-likeness (QED) is 0.214. The largest absolute Gasteiger partial charge is 0.470 e. The summed E-state index contributed by atoms with van der Waals surface area (Å²) >= 11 is 1.61. The van der Waals surface area contributed by atoms with Crippen LogP contribution < -0.4 is 15.4 Å². The molecule has 2 aliphatic heterocycles. The van der Waals surface area contributed by atoms with Gasteiger partial charge in [-0.25, -0.2) is 4.98 Å². The molecule has 39 heavy (non-hydrogen) atoms. The molecular weight excluding hydrogens is 516 g/mol. The predicted octanol–water partition coefficient (Wildman–Crippen LogP) is 3.53. The molecule has 2 N–H and O–H groups in total. The second kappa shape index (κ2) is 12.0. The van der Waals surface area contributed by atoms with Gasteiger partial charge in [0, 0.05) is 32.4 Å². The number of fused-ring (bicyclic) bond motifs is 1. The zero-order valence-corrected chi connectivity index (χ0v) is 23.3. The standard InChI is InChI=1S/C27H36N8O3S/c1-33-7-3-19(4-8-33)12-28-18-37-15-20-11-24(39-17-20)31-27-30-23-5-9-35(21-13-29-34(2)14-21)25(23)26(32-27)38-22-6-10-36-16-22/h5,9,11,13-14,17,19,22,28H,3-4,6-8,10,12,15-16,18H2,1-2H3,(H,30,31,32)/t22-/m0/s1. The molecule has 6 rings (SSSR count). The maximum absolute atomic E-state index is 6.33. The Morgan fingerprint density at radius 1 is 1.18 bits per heavy atom. The Kier molecular flexibility index (Phi) is 8.07. The van der Waals surface area contributed by atoms with Crippen molar-refractivity contribution in [1.29, 1.82) is 0 Å². The number of piperidine rings is 1. The molecule has 2 fully saturated rings. The molecule has 11 nitrogen and oxygen atoms in total. The highest BCUT2D eigenvalue weighted by atomic mass is 32.1. The lowest BCUT2D eigenvalue weighted by Crippen LogP contribution is -2.35. The molecule has 1 atom stereocenters. The van der Waals surface area contributed by atoms with E-state index in [1.165, 1.54) is 25.9 Å². The van der Waals surface area contributed by atoms with Crippen molar-refractivity contribution < 1.29 is 14.2 Å². The fourth-order valence-corrected chi connectivity index (χ4v) is 5.84. The molecule has 12 heteroatoms. The minimum absolute atomic E-state index is 0.0354. The molecule has 4 aromatic rings. The topological polar surface area (TPSA) is 104 Å². The molecule has 208 valence electrons. The Hall–Kier alpha value is -3.03. The van der Waals surface area contributed by atoms with Gasteiger partial charge in [0.05, 0.1) is 49.0 Å². The van der Waals surface area contributed by atoms with Crippen molar-refractivity contribution in [2.75, 3.05) is 51.9 Å². The number of thiophene rings is 1. The molecule has 0 spiro atoms. The van der Waals surface area contributed by atoms with Gasteiger partial charge in [-0.2, -0.15) is 10.1 Å². The van der Waals surface area contributed by atoms with Crippen molar-refractivity contribution in [1.82, 2.24) is 34.5 Å². The van der Waals surface area contributed by atoms with E-state index in [9.17, 15) is 0 Å². The van der Waals surface area contributed by atoms with E-state index in [1.807, 2.05) is 36.3 Å². The third-order valence-corrected chi connectivity index (χ3v) is 8.16. The van der Waals surface area contributed by atoms with Crippen molar-refractivity contribution in [3.8, 4) is 11.6 Å². The summed E-state index contributed by atoms with van der Waals surface area (Å²) < 4.78 is 21.5. The zero-order chi connectivity index (χ0) is 26.6. The van der Waals surface area contributed by atoms with Gasteiger partial charge in [-0.05, 0) is 62.0 Å². The molecule has 0 amide bonds. The highest BCUT2D eigenvalue weighted by molar-refractivity contribution is 7.14. The second-order valence-electron chi connectivity index (χ2n) is 10.4. The van der Waals surface area contributed by atoms with Crippen LogP contribution in [0.15, 0.2) is 36.1 Å². The fourth-order valence-electron chi connectivity index (χ4n) is 5.06. The van der Waals surface area contributed by atoms with E-state index in [4.69, 9.17) is 24.2 Å². The molecule has 0 unspecified atom stereocenters. The van der Waals surface area contributed by atoms with Crippen LogP contribution in [0.4, 0.5) is 10.9 Å². The van der Waals surface area contributed by atoms with Crippen LogP contribution in [0, 0.1) is 5.92 Å². The summed E-state index contributed by atoms with van der Waals surface area (Å²) in [4.78, 5) is 12.0. The van der Waals surface area contributed by atoms with Crippen molar-refractivity contribution in [2.45, 2.75) is 32.0 Å². The summed E-state index contributed by atoms with van der Waals surface area (Å²) in [6.45, 7) is 5.77. The highest BCUT2D eigenvalue weighted by Gasteiger charge is 2.23. The molecule has 0 saturated carbocycles. The van der Waals surface area contributed by atoms with Crippen molar-refractivity contribution >= 4 is 33.3 Å². The summed E-state index contributed by atoms with van der Waals surface area (Å²) in [7, 11) is 4.09. The lowest BCUT2D eigenvalue weighted by atomic mass is 9.97. The van der Waals surface area contributed by atoms with E-state index < -0.39 is 0 Å². The smallest absolute Gasteiger partial charge is 0.244 e. The Labute approximate surface area is 232 Å². The van der Waals surface area contributed by atoms with Crippen LogP contribution >= 0.6 is 11.3 Å². The predicted molar refractivity (Wildman–Crippen MR) is 151 cm³/mol. The first-order valence-electron chi connectivity index (χ1n) is 13.5. The number of anilines is 2. The summed E-state index contributed by atoms with van der Waals surface area (Å²) in [5, 5.41) is 14.2. The minimum atomic E-state index is -0.0354. The Morgan fingerprint density at radius 2 is 2.08 bits per heavy atom. The second-order valence-corrected chi connectivity index (χ2v) is 11.3. The van der Waals surface area contributed by atoms with Gasteiger partial charge < -0.3 is 29.0 Å². The van der Waals surface area contributed by atoms with Gasteiger partial charge in [0.1, 0.15) is 11.6 Å². The van der Waals surface area contributed by atoms with Gasteiger partial charge in [-0.15, -0.1) is 11.3 Å². The lowest BCUT2D eigenvalue weighted by Gasteiger charge is -2.28. The van der Waals surface area contributed by atoms with Crippen LogP contribution in [0.25, 0.3) is 16.7 Å². The van der Waals surface area contributed by atoms with Crippen LogP contribution in [-0.4, -0.2) is 81.9 Å². The Bertz CT molecular complexity index is 1370. The third-order valence-electron chi connectivity index (χ3n) is 7.27. The summed E-state index contributed by atoms with van der Waals surface area (Å²) in [5.41, 5.74) is 3.65. The van der Waals surface area contributed by atoms with Crippen LogP contribution in [0.5, 0.6) is 5.88 Å². The van der Waals surface area contributed by atoms with E-state index in [0.717, 1.165) is 46.2 Å². The van der Waals surface area contributed by atoms with E-state index in [-0.39, 0.29) is 6.10 Å². The van der Waals surface area contributed by atoms with Crippen molar-refractivity contribution in [2.24, 2.45) is 13.0 Å². The molecule has 0 bridgehead atoms. The van der Waals surface area contributed by atoms with Gasteiger partial charge in [0.2, 0.25) is 11.8 Å². The maximum Gasteiger partial charge on any atom is 0.244 e. The van der Waals surface area contributed by atoms with Gasteiger partial charge >= 0.3 is 0 Å². The lowest BCUT2D eigenvalue weighted by molar-refractivity contribution is 0.0966. The van der Waals surface area contributed by atoms with Crippen molar-refractivity contribution in [3.05, 3.63) is 41.7 Å².